The minimum atomic E-state index is -0.618. The molecule has 0 bridgehead atoms. The van der Waals surface area contributed by atoms with E-state index >= 15 is 0 Å². The Labute approximate surface area is 138 Å². The molecule has 1 N–H and O–H groups in total. The Balaban J connectivity index is 1.54. The van der Waals surface area contributed by atoms with Crippen LogP contribution in [0.25, 0.3) is 5.69 Å². The lowest BCUT2D eigenvalue weighted by molar-refractivity contribution is -0.127. The highest BCUT2D eigenvalue weighted by atomic mass is 16.5. The highest BCUT2D eigenvalue weighted by molar-refractivity contribution is 5.80. The molecule has 0 aliphatic rings. The third-order valence-electron chi connectivity index (χ3n) is 3.30. The minimum absolute atomic E-state index is 0.204. The fraction of sp³-hybridized carbons (Fsp3) is 0.188. The lowest BCUT2D eigenvalue weighted by atomic mass is 10.3. The predicted molar refractivity (Wildman–Crippen MR) is 85.3 cm³/mol. The number of ether oxygens (including phenoxy) is 1. The fourth-order valence-corrected chi connectivity index (χ4v) is 2.04. The zero-order chi connectivity index (χ0) is 16.8. The Bertz CT molecular complexity index is 774. The summed E-state index contributed by atoms with van der Waals surface area (Å²) in [5, 5.41) is 13.8. The summed E-state index contributed by atoms with van der Waals surface area (Å²) >= 11 is 0. The van der Waals surface area contributed by atoms with Gasteiger partial charge in [0.1, 0.15) is 12.1 Å². The second kappa shape index (κ2) is 7.32. The minimum Gasteiger partial charge on any atom is -0.481 e. The van der Waals surface area contributed by atoms with Crippen molar-refractivity contribution < 1.29 is 9.53 Å². The Morgan fingerprint density at radius 3 is 2.75 bits per heavy atom. The van der Waals surface area contributed by atoms with Crippen LogP contribution in [-0.2, 0) is 11.3 Å². The van der Waals surface area contributed by atoms with E-state index in [0.717, 1.165) is 11.4 Å². The molecule has 0 saturated heterocycles. The van der Waals surface area contributed by atoms with Gasteiger partial charge in [0.2, 0.25) is 0 Å². The zero-order valence-corrected chi connectivity index (χ0v) is 13.0. The molecule has 8 heteroatoms. The van der Waals surface area contributed by atoms with E-state index in [1.54, 1.807) is 25.3 Å². The maximum Gasteiger partial charge on any atom is 0.261 e. The molecule has 0 aliphatic heterocycles. The quantitative estimate of drug-likeness (QED) is 0.730. The van der Waals surface area contributed by atoms with E-state index in [4.69, 9.17) is 4.74 Å². The van der Waals surface area contributed by atoms with E-state index in [9.17, 15) is 4.79 Å². The Morgan fingerprint density at radius 1 is 1.25 bits per heavy atom. The van der Waals surface area contributed by atoms with Crippen molar-refractivity contribution in [2.75, 3.05) is 0 Å². The van der Waals surface area contributed by atoms with Gasteiger partial charge in [-0.05, 0) is 53.7 Å². The molecule has 3 aromatic rings. The summed E-state index contributed by atoms with van der Waals surface area (Å²) in [4.78, 5) is 16.2. The topological polar surface area (TPSA) is 94.8 Å². The van der Waals surface area contributed by atoms with Crippen molar-refractivity contribution in [3.05, 3.63) is 60.7 Å². The number of amides is 1. The van der Waals surface area contributed by atoms with Crippen LogP contribution in [0.1, 0.15) is 12.6 Å². The first-order valence-electron chi connectivity index (χ1n) is 7.40. The molecule has 2 aromatic heterocycles. The Morgan fingerprint density at radius 2 is 2.08 bits per heavy atom. The van der Waals surface area contributed by atoms with Crippen LogP contribution in [0, 0.1) is 0 Å². The van der Waals surface area contributed by atoms with E-state index in [1.807, 2.05) is 30.3 Å². The van der Waals surface area contributed by atoms with Gasteiger partial charge >= 0.3 is 0 Å². The molecular formula is C16H16N6O2. The number of tetrazole rings is 1. The molecule has 0 saturated carbocycles. The van der Waals surface area contributed by atoms with Crippen molar-refractivity contribution in [3.63, 3.8) is 0 Å². The number of carbonyl (C=O) groups excluding carboxylic acids is 1. The molecule has 0 aliphatic carbocycles. The molecule has 0 fully saturated rings. The summed E-state index contributed by atoms with van der Waals surface area (Å²) in [6.45, 7) is 2.06. The molecule has 8 nitrogen and oxygen atoms in total. The molecule has 1 amide bonds. The van der Waals surface area contributed by atoms with Crippen LogP contribution in [0.5, 0.6) is 5.75 Å². The monoisotopic (exact) mass is 324 g/mol. The van der Waals surface area contributed by atoms with Gasteiger partial charge in [-0.1, -0.05) is 6.07 Å². The van der Waals surface area contributed by atoms with Crippen LogP contribution in [0.4, 0.5) is 0 Å². The van der Waals surface area contributed by atoms with Gasteiger partial charge < -0.3 is 10.1 Å². The Kier molecular flexibility index (Phi) is 4.76. The van der Waals surface area contributed by atoms with Gasteiger partial charge in [0, 0.05) is 6.20 Å². The average Bonchev–Trinajstić information content (AvgIpc) is 3.16. The second-order valence-electron chi connectivity index (χ2n) is 5.05. The molecule has 2 heterocycles. The van der Waals surface area contributed by atoms with Gasteiger partial charge in [0.15, 0.2) is 6.10 Å². The number of rotatable bonds is 6. The smallest absolute Gasteiger partial charge is 0.261 e. The standard InChI is InChI=1S/C16H16N6O2/c1-12(16(23)18-10-13-4-2-3-9-17-13)24-15-7-5-14(6-8-15)22-11-19-20-21-22/h2-9,11-12H,10H2,1H3,(H,18,23). The van der Waals surface area contributed by atoms with Gasteiger partial charge in [-0.15, -0.1) is 5.10 Å². The van der Waals surface area contributed by atoms with E-state index < -0.39 is 6.10 Å². The number of pyridine rings is 1. The fourth-order valence-electron chi connectivity index (χ4n) is 2.04. The number of hydrogen-bond donors (Lipinski definition) is 1. The lowest BCUT2D eigenvalue weighted by Gasteiger charge is -2.14. The first kappa shape index (κ1) is 15.6. The summed E-state index contributed by atoms with van der Waals surface area (Å²) in [7, 11) is 0. The van der Waals surface area contributed by atoms with Crippen LogP contribution >= 0.6 is 0 Å². The van der Waals surface area contributed by atoms with Crippen molar-refractivity contribution in [2.45, 2.75) is 19.6 Å². The summed E-state index contributed by atoms with van der Waals surface area (Å²) in [6, 6.07) is 12.7. The van der Waals surface area contributed by atoms with E-state index in [0.29, 0.717) is 12.3 Å². The van der Waals surface area contributed by atoms with E-state index in [2.05, 4.69) is 25.8 Å². The van der Waals surface area contributed by atoms with Crippen LogP contribution in [0.2, 0.25) is 0 Å². The number of aromatic nitrogens is 5. The molecule has 1 atom stereocenters. The van der Waals surface area contributed by atoms with Gasteiger partial charge in [0.05, 0.1) is 17.9 Å². The highest BCUT2D eigenvalue weighted by Crippen LogP contribution is 2.15. The molecule has 1 unspecified atom stereocenters. The predicted octanol–water partition coefficient (Wildman–Crippen LogP) is 1.14. The summed E-state index contributed by atoms with van der Waals surface area (Å²) in [6.07, 6.45) is 2.57. The van der Waals surface area contributed by atoms with Crippen molar-refractivity contribution in [1.29, 1.82) is 0 Å². The number of carbonyl (C=O) groups is 1. The first-order valence-corrected chi connectivity index (χ1v) is 7.40. The zero-order valence-electron chi connectivity index (χ0n) is 13.0. The molecule has 0 spiro atoms. The molecular weight excluding hydrogens is 308 g/mol. The van der Waals surface area contributed by atoms with Crippen LogP contribution in [0.3, 0.4) is 0 Å². The lowest BCUT2D eigenvalue weighted by Crippen LogP contribution is -2.36. The van der Waals surface area contributed by atoms with Crippen molar-refractivity contribution in [1.82, 2.24) is 30.5 Å². The third-order valence-corrected chi connectivity index (χ3v) is 3.30. The van der Waals surface area contributed by atoms with Gasteiger partial charge in [0.25, 0.3) is 5.91 Å². The van der Waals surface area contributed by atoms with Crippen molar-refractivity contribution >= 4 is 5.91 Å². The van der Waals surface area contributed by atoms with Crippen LogP contribution in [0.15, 0.2) is 55.0 Å². The van der Waals surface area contributed by atoms with E-state index in [1.165, 1.54) is 11.0 Å². The largest absolute Gasteiger partial charge is 0.481 e. The van der Waals surface area contributed by atoms with Crippen LogP contribution in [-0.4, -0.2) is 37.2 Å². The molecule has 0 radical (unpaired) electrons. The Hall–Kier alpha value is -3.29. The number of nitrogens with one attached hydrogen (secondary N) is 1. The molecule has 3 rings (SSSR count). The summed E-state index contributed by atoms with van der Waals surface area (Å²) in [5.41, 5.74) is 1.60. The van der Waals surface area contributed by atoms with E-state index in [-0.39, 0.29) is 5.91 Å². The first-order chi connectivity index (χ1) is 11.7. The number of benzene rings is 1. The van der Waals surface area contributed by atoms with Gasteiger partial charge in [-0.25, -0.2) is 4.68 Å². The SMILES string of the molecule is CC(Oc1ccc(-n2cnnn2)cc1)C(=O)NCc1ccccn1. The van der Waals surface area contributed by atoms with Crippen LogP contribution < -0.4 is 10.1 Å². The normalized spacial score (nSPS) is 11.7. The molecule has 122 valence electrons. The maximum atomic E-state index is 12.1. The average molecular weight is 324 g/mol. The summed E-state index contributed by atoms with van der Waals surface area (Å²) < 4.78 is 7.18. The van der Waals surface area contributed by atoms with Crippen molar-refractivity contribution in [2.24, 2.45) is 0 Å². The highest BCUT2D eigenvalue weighted by Gasteiger charge is 2.14. The molecule has 24 heavy (non-hydrogen) atoms. The number of nitrogens with zero attached hydrogens (tertiary/aromatic N) is 5. The molecule has 1 aromatic carbocycles. The van der Waals surface area contributed by atoms with Gasteiger partial charge in [-0.3, -0.25) is 9.78 Å². The van der Waals surface area contributed by atoms with Crippen molar-refractivity contribution in [3.8, 4) is 11.4 Å². The van der Waals surface area contributed by atoms with Gasteiger partial charge in [-0.2, -0.15) is 0 Å². The second-order valence-corrected chi connectivity index (χ2v) is 5.05. The maximum absolute atomic E-state index is 12.1. The summed E-state index contributed by atoms with van der Waals surface area (Å²) in [5.74, 6) is 0.387. The number of hydrogen-bond acceptors (Lipinski definition) is 6. The third kappa shape index (κ3) is 3.92.